The summed E-state index contributed by atoms with van der Waals surface area (Å²) in [6, 6.07) is 9.92. The van der Waals surface area contributed by atoms with Crippen LogP contribution in [-0.4, -0.2) is 70.2 Å². The van der Waals surface area contributed by atoms with E-state index in [2.05, 4.69) is 15.2 Å². The number of fused-ring (bicyclic) bond motifs is 2. The number of ether oxygens (including phenoxy) is 2. The average molecular weight is 566 g/mol. The van der Waals surface area contributed by atoms with Crippen molar-refractivity contribution in [1.29, 1.82) is 0 Å². The van der Waals surface area contributed by atoms with Crippen molar-refractivity contribution in [2.24, 2.45) is 0 Å². The number of likely N-dealkylation sites (tertiary alicyclic amines) is 2. The minimum Gasteiger partial charge on any atom is -0.395 e. The monoisotopic (exact) mass is 565 g/mol. The molecule has 216 valence electrons. The van der Waals surface area contributed by atoms with Gasteiger partial charge in [0.1, 0.15) is 0 Å². The number of aryl methyl sites for hydroxylation is 1. The molecule has 2 saturated heterocycles. The normalized spacial score (nSPS) is 20.6. The van der Waals surface area contributed by atoms with Crippen molar-refractivity contribution < 1.29 is 27.8 Å². The molecule has 2 aromatic carbocycles. The van der Waals surface area contributed by atoms with E-state index in [1.165, 1.54) is 18.9 Å². The fourth-order valence-corrected chi connectivity index (χ4v) is 5.99. The fraction of sp³-hybridized carbons (Fsp3) is 0.433. The number of carbonyl (C=O) groups is 2. The van der Waals surface area contributed by atoms with Gasteiger partial charge in [0.15, 0.2) is 11.5 Å². The summed E-state index contributed by atoms with van der Waals surface area (Å²) in [4.78, 5) is 35.2. The van der Waals surface area contributed by atoms with Crippen molar-refractivity contribution in [1.82, 2.24) is 19.4 Å². The number of aromatic nitrogens is 2. The molecule has 1 aromatic heterocycles. The quantitative estimate of drug-likeness (QED) is 0.418. The van der Waals surface area contributed by atoms with Gasteiger partial charge >= 0.3 is 6.29 Å². The number of nitrogens with one attached hydrogen (secondary N) is 1. The summed E-state index contributed by atoms with van der Waals surface area (Å²) in [5, 5.41) is 2.92. The molecule has 9 nitrogen and oxygen atoms in total. The van der Waals surface area contributed by atoms with Crippen LogP contribution in [0.25, 0.3) is 11.0 Å². The third-order valence-corrected chi connectivity index (χ3v) is 7.98. The number of rotatable bonds is 6. The molecule has 3 aromatic rings. The lowest BCUT2D eigenvalue weighted by Crippen LogP contribution is -2.35. The predicted octanol–water partition coefficient (Wildman–Crippen LogP) is 5.12. The number of amides is 2. The molecule has 2 amide bonds. The maximum Gasteiger partial charge on any atom is 0.586 e. The van der Waals surface area contributed by atoms with Crippen LogP contribution in [-0.2, 0) is 4.79 Å². The number of carbonyl (C=O) groups excluding carboxylic acids is 2. The fourth-order valence-electron chi connectivity index (χ4n) is 5.99. The summed E-state index contributed by atoms with van der Waals surface area (Å²) in [6.07, 6.45) is 4.58. The second-order valence-corrected chi connectivity index (χ2v) is 10.8. The second kappa shape index (κ2) is 11.1. The van der Waals surface area contributed by atoms with Gasteiger partial charge in [-0.3, -0.25) is 19.8 Å². The van der Waals surface area contributed by atoms with E-state index in [9.17, 15) is 18.4 Å². The van der Waals surface area contributed by atoms with Crippen molar-refractivity contribution >= 4 is 28.8 Å². The molecule has 0 saturated carbocycles. The van der Waals surface area contributed by atoms with E-state index < -0.39 is 6.29 Å². The average Bonchev–Trinajstić information content (AvgIpc) is 3.61. The van der Waals surface area contributed by atoms with Gasteiger partial charge in [-0.2, -0.15) is 0 Å². The molecule has 11 heteroatoms. The minimum absolute atomic E-state index is 0.0593. The SMILES string of the molecule is Cc1c2c(cc3nc(NC(=O)c4ccccc4)n([C@@H]4CCCCN(C(=O)/C=C/CN5CCCC5)C4)c13)OC(F)(F)O2. The first-order chi connectivity index (χ1) is 19.8. The number of benzene rings is 2. The Bertz CT molecular complexity index is 1480. The Morgan fingerprint density at radius 1 is 1.10 bits per heavy atom. The Hall–Kier alpha value is -3.99. The zero-order valence-electron chi connectivity index (χ0n) is 22.9. The molecule has 0 radical (unpaired) electrons. The Morgan fingerprint density at radius 3 is 2.63 bits per heavy atom. The highest BCUT2D eigenvalue weighted by molar-refractivity contribution is 6.04. The summed E-state index contributed by atoms with van der Waals surface area (Å²) >= 11 is 0. The Kier molecular flexibility index (Phi) is 7.37. The molecule has 0 unspecified atom stereocenters. The lowest BCUT2D eigenvalue weighted by Gasteiger charge is -2.26. The number of halogens is 2. The van der Waals surface area contributed by atoms with Crippen LogP contribution in [0.15, 0.2) is 48.6 Å². The zero-order valence-corrected chi connectivity index (χ0v) is 22.9. The minimum atomic E-state index is -3.77. The van der Waals surface area contributed by atoms with Gasteiger partial charge < -0.3 is 18.9 Å². The van der Waals surface area contributed by atoms with Gasteiger partial charge in [0.25, 0.3) is 5.91 Å². The number of hydrogen-bond donors (Lipinski definition) is 1. The Morgan fingerprint density at radius 2 is 1.85 bits per heavy atom. The molecular weight excluding hydrogens is 532 g/mol. The molecule has 1 N–H and O–H groups in total. The van der Waals surface area contributed by atoms with Gasteiger partial charge in [-0.05, 0) is 64.3 Å². The third kappa shape index (κ3) is 5.63. The molecule has 2 fully saturated rings. The van der Waals surface area contributed by atoms with Gasteiger partial charge in [-0.15, -0.1) is 8.78 Å². The standard InChI is InChI=1S/C30H33F2N5O4/c1-20-26-23(18-24-27(20)41-30(31,32)40-24)33-29(34-28(39)21-10-3-2-4-11-21)37(26)22-12-5-6-17-36(19-22)25(38)13-9-16-35-14-7-8-15-35/h2-4,9-11,13,18,22H,5-8,12,14-17,19H2,1H3,(H,33,34,39)/b13-9+/t22-/m1/s1. The highest BCUT2D eigenvalue weighted by Gasteiger charge is 2.45. The Balaban J connectivity index is 1.35. The first-order valence-corrected chi connectivity index (χ1v) is 14.1. The van der Waals surface area contributed by atoms with Gasteiger partial charge in [0.2, 0.25) is 11.9 Å². The van der Waals surface area contributed by atoms with E-state index in [0.717, 1.165) is 32.5 Å². The van der Waals surface area contributed by atoms with Gasteiger partial charge in [-0.1, -0.05) is 24.3 Å². The van der Waals surface area contributed by atoms with E-state index in [0.29, 0.717) is 41.7 Å². The topological polar surface area (TPSA) is 88.9 Å². The van der Waals surface area contributed by atoms with Gasteiger partial charge in [0.05, 0.1) is 17.1 Å². The molecule has 41 heavy (non-hydrogen) atoms. The van der Waals surface area contributed by atoms with Crippen LogP contribution >= 0.6 is 0 Å². The molecular formula is C30H33F2N5O4. The molecule has 0 bridgehead atoms. The maximum atomic E-state index is 14.0. The highest BCUT2D eigenvalue weighted by atomic mass is 19.3. The van der Waals surface area contributed by atoms with Crippen LogP contribution in [0, 0.1) is 6.92 Å². The van der Waals surface area contributed by atoms with Crippen molar-refractivity contribution in [3.8, 4) is 11.5 Å². The molecule has 0 spiro atoms. The largest absolute Gasteiger partial charge is 0.586 e. The van der Waals surface area contributed by atoms with Crippen molar-refractivity contribution in [2.75, 3.05) is 38.0 Å². The number of nitrogens with zero attached hydrogens (tertiary/aromatic N) is 4. The van der Waals surface area contributed by atoms with Crippen LogP contribution in [0.5, 0.6) is 11.5 Å². The van der Waals surface area contributed by atoms with E-state index in [-0.39, 0.29) is 35.3 Å². The third-order valence-electron chi connectivity index (χ3n) is 7.98. The molecule has 3 aliphatic heterocycles. The van der Waals surface area contributed by atoms with Crippen molar-refractivity contribution in [2.45, 2.75) is 51.4 Å². The van der Waals surface area contributed by atoms with Crippen LogP contribution in [0.4, 0.5) is 14.7 Å². The second-order valence-electron chi connectivity index (χ2n) is 10.8. The van der Waals surface area contributed by atoms with Crippen LogP contribution in [0.3, 0.4) is 0 Å². The molecule has 4 heterocycles. The number of anilines is 1. The number of hydrogen-bond acceptors (Lipinski definition) is 6. The summed E-state index contributed by atoms with van der Waals surface area (Å²) in [5.41, 5.74) is 1.82. The molecule has 3 aliphatic rings. The molecule has 1 atom stereocenters. The van der Waals surface area contributed by atoms with Crippen molar-refractivity contribution in [3.05, 3.63) is 59.7 Å². The van der Waals surface area contributed by atoms with Crippen LogP contribution in [0.2, 0.25) is 0 Å². The van der Waals surface area contributed by atoms with E-state index in [1.807, 2.05) is 21.6 Å². The van der Waals surface area contributed by atoms with Crippen LogP contribution in [0.1, 0.15) is 54.1 Å². The van der Waals surface area contributed by atoms with E-state index in [4.69, 9.17) is 9.47 Å². The summed E-state index contributed by atoms with van der Waals surface area (Å²) in [5.74, 6) is -0.305. The smallest absolute Gasteiger partial charge is 0.395 e. The molecule has 0 aliphatic carbocycles. The lowest BCUT2D eigenvalue weighted by molar-refractivity contribution is -0.286. The Labute approximate surface area is 236 Å². The summed E-state index contributed by atoms with van der Waals surface area (Å²) in [7, 11) is 0. The lowest BCUT2D eigenvalue weighted by atomic mass is 10.1. The number of alkyl halides is 2. The first kappa shape index (κ1) is 27.2. The van der Waals surface area contributed by atoms with E-state index >= 15 is 0 Å². The summed E-state index contributed by atoms with van der Waals surface area (Å²) in [6.45, 7) is 5.53. The predicted molar refractivity (Wildman–Crippen MR) is 149 cm³/mol. The van der Waals surface area contributed by atoms with Gasteiger partial charge in [-0.25, -0.2) is 4.98 Å². The maximum absolute atomic E-state index is 14.0. The summed E-state index contributed by atoms with van der Waals surface area (Å²) < 4.78 is 39.4. The molecule has 6 rings (SSSR count). The number of imidazole rings is 1. The zero-order chi connectivity index (χ0) is 28.6. The first-order valence-electron chi connectivity index (χ1n) is 14.1. The van der Waals surface area contributed by atoms with E-state index in [1.54, 1.807) is 37.3 Å². The van der Waals surface area contributed by atoms with Crippen LogP contribution < -0.4 is 14.8 Å². The van der Waals surface area contributed by atoms with Crippen molar-refractivity contribution in [3.63, 3.8) is 0 Å². The van der Waals surface area contributed by atoms with Gasteiger partial charge in [0, 0.05) is 42.9 Å². The highest BCUT2D eigenvalue weighted by Crippen LogP contribution is 2.47.